The van der Waals surface area contributed by atoms with E-state index in [4.69, 9.17) is 9.84 Å². The zero-order valence-corrected chi connectivity index (χ0v) is 17.5. The van der Waals surface area contributed by atoms with Gasteiger partial charge in [-0.05, 0) is 22.3 Å². The fraction of sp³-hybridized carbons (Fsp3) is 0.348. The van der Waals surface area contributed by atoms with Crippen molar-refractivity contribution in [3.63, 3.8) is 0 Å². The first kappa shape index (κ1) is 24.1. The smallest absolute Gasteiger partial charge is 0.407 e. The maximum absolute atomic E-state index is 12.4. The van der Waals surface area contributed by atoms with Gasteiger partial charge >= 0.3 is 12.1 Å². The molecule has 10 heteroatoms. The van der Waals surface area contributed by atoms with Crippen LogP contribution in [0.2, 0.25) is 0 Å². The normalized spacial score (nSPS) is 14.2. The topological polar surface area (TPSA) is 125 Å². The molecule has 0 fully saturated rings. The number of alkyl carbamates (subject to hydrolysis) is 1. The summed E-state index contributed by atoms with van der Waals surface area (Å²) in [5, 5.41) is 23.0. The Hall–Kier alpha value is -3.53. The predicted molar refractivity (Wildman–Crippen MR) is 114 cm³/mol. The molecule has 0 saturated heterocycles. The molecular weight excluding hydrogens is 438 g/mol. The van der Waals surface area contributed by atoms with Crippen molar-refractivity contribution in [2.75, 3.05) is 13.2 Å². The molecule has 2 unspecified atom stereocenters. The van der Waals surface area contributed by atoms with Crippen molar-refractivity contribution in [3.05, 3.63) is 59.7 Å². The molecule has 2 aromatic rings. The number of alkyl halides is 2. The second-order valence-electron chi connectivity index (χ2n) is 7.65. The highest BCUT2D eigenvalue weighted by Gasteiger charge is 2.29. The van der Waals surface area contributed by atoms with Crippen LogP contribution in [0, 0.1) is 0 Å². The first-order valence-corrected chi connectivity index (χ1v) is 10.3. The summed E-state index contributed by atoms with van der Waals surface area (Å²) >= 11 is 0. The molecule has 4 N–H and O–H groups in total. The molecule has 8 nitrogen and oxygen atoms in total. The molecule has 0 saturated carbocycles. The van der Waals surface area contributed by atoms with E-state index in [1.54, 1.807) is 0 Å². The number of hydrogen-bond acceptors (Lipinski definition) is 5. The Morgan fingerprint density at radius 3 is 2.12 bits per heavy atom. The van der Waals surface area contributed by atoms with E-state index in [1.807, 2.05) is 53.8 Å². The zero-order valence-electron chi connectivity index (χ0n) is 17.5. The third-order valence-electron chi connectivity index (χ3n) is 5.29. The molecule has 0 heterocycles. The number of aliphatic carboxylic acids is 1. The van der Waals surface area contributed by atoms with E-state index in [9.17, 15) is 28.3 Å². The van der Waals surface area contributed by atoms with Gasteiger partial charge in [0.1, 0.15) is 12.6 Å². The minimum Gasteiger partial charge on any atom is -0.480 e. The number of benzene rings is 2. The highest BCUT2D eigenvalue weighted by Crippen LogP contribution is 2.44. The van der Waals surface area contributed by atoms with Crippen LogP contribution in [0.4, 0.5) is 13.6 Å². The average molecular weight is 462 g/mol. The summed E-state index contributed by atoms with van der Waals surface area (Å²) in [4.78, 5) is 34.8. The summed E-state index contributed by atoms with van der Waals surface area (Å²) in [6.07, 6.45) is -6.68. The van der Waals surface area contributed by atoms with Crippen LogP contribution in [0.5, 0.6) is 0 Å². The minimum atomic E-state index is -2.91. The number of aliphatic hydroxyl groups is 1. The Morgan fingerprint density at radius 2 is 1.58 bits per heavy atom. The molecule has 1 aliphatic carbocycles. The molecule has 0 bridgehead atoms. The highest BCUT2D eigenvalue weighted by atomic mass is 19.3. The first-order chi connectivity index (χ1) is 15.8. The summed E-state index contributed by atoms with van der Waals surface area (Å²) in [5.41, 5.74) is 4.24. The van der Waals surface area contributed by atoms with Gasteiger partial charge in [-0.3, -0.25) is 4.79 Å². The Bertz CT molecular complexity index is 970. The van der Waals surface area contributed by atoms with Gasteiger partial charge in [0.25, 0.3) is 0 Å². The number of halogens is 2. The molecule has 33 heavy (non-hydrogen) atoms. The van der Waals surface area contributed by atoms with Crippen LogP contribution >= 0.6 is 0 Å². The molecule has 2 amide bonds. The van der Waals surface area contributed by atoms with E-state index in [2.05, 4.69) is 5.32 Å². The molecule has 1 aliphatic rings. The van der Waals surface area contributed by atoms with E-state index in [0.29, 0.717) is 0 Å². The van der Waals surface area contributed by atoms with Crippen molar-refractivity contribution in [1.82, 2.24) is 10.6 Å². The number of rotatable bonds is 10. The maximum Gasteiger partial charge on any atom is 0.407 e. The number of carboxylic acid groups (broad SMARTS) is 1. The van der Waals surface area contributed by atoms with Crippen molar-refractivity contribution in [2.45, 2.75) is 37.3 Å². The lowest BCUT2D eigenvalue weighted by Crippen LogP contribution is -2.44. The number of aliphatic hydroxyl groups excluding tert-OH is 1. The molecule has 2 atom stereocenters. The summed E-state index contributed by atoms with van der Waals surface area (Å²) in [5.74, 6) is -2.67. The van der Waals surface area contributed by atoms with E-state index in [1.165, 1.54) is 0 Å². The number of carboxylic acids is 1. The summed E-state index contributed by atoms with van der Waals surface area (Å²) < 4.78 is 30.1. The third-order valence-corrected chi connectivity index (χ3v) is 5.29. The molecule has 0 spiro atoms. The molecule has 3 rings (SSSR count). The number of nitrogens with one attached hydrogen (secondary N) is 2. The molecule has 176 valence electrons. The number of fused-ring (bicyclic) bond motifs is 3. The maximum atomic E-state index is 12.4. The van der Waals surface area contributed by atoms with E-state index >= 15 is 0 Å². The van der Waals surface area contributed by atoms with Gasteiger partial charge in [0, 0.05) is 18.9 Å². The summed E-state index contributed by atoms with van der Waals surface area (Å²) in [6.45, 7) is -0.263. The van der Waals surface area contributed by atoms with Gasteiger partial charge < -0.3 is 25.6 Å². The van der Waals surface area contributed by atoms with Gasteiger partial charge in [0.2, 0.25) is 12.3 Å². The highest BCUT2D eigenvalue weighted by molar-refractivity contribution is 5.84. The van der Waals surface area contributed by atoms with Crippen molar-refractivity contribution >= 4 is 18.0 Å². The lowest BCUT2D eigenvalue weighted by atomic mass is 9.98. The van der Waals surface area contributed by atoms with Crippen LogP contribution in [0.15, 0.2) is 48.5 Å². The van der Waals surface area contributed by atoms with Crippen LogP contribution in [0.25, 0.3) is 11.1 Å². The number of hydrogen-bond donors (Lipinski definition) is 4. The van der Waals surface area contributed by atoms with E-state index in [0.717, 1.165) is 22.3 Å². The molecule has 0 aliphatic heterocycles. The monoisotopic (exact) mass is 462 g/mol. The van der Waals surface area contributed by atoms with Gasteiger partial charge in [0.15, 0.2) is 0 Å². The van der Waals surface area contributed by atoms with E-state index < -0.39 is 49.4 Å². The van der Waals surface area contributed by atoms with Crippen molar-refractivity contribution in [2.24, 2.45) is 0 Å². The van der Waals surface area contributed by atoms with Gasteiger partial charge in [-0.15, -0.1) is 0 Å². The summed E-state index contributed by atoms with van der Waals surface area (Å²) in [7, 11) is 0. The number of carbonyl (C=O) groups is 3. The number of ether oxygens (including phenoxy) is 1. The third kappa shape index (κ3) is 6.26. The Morgan fingerprint density at radius 1 is 1.00 bits per heavy atom. The average Bonchev–Trinajstić information content (AvgIpc) is 3.09. The molecular formula is C23H24F2N2O6. The van der Waals surface area contributed by atoms with Crippen LogP contribution in [0.1, 0.15) is 29.9 Å². The minimum absolute atomic E-state index is 0.0738. The Kier molecular flexibility index (Phi) is 7.94. The van der Waals surface area contributed by atoms with E-state index in [-0.39, 0.29) is 19.1 Å². The van der Waals surface area contributed by atoms with Crippen molar-refractivity contribution in [1.29, 1.82) is 0 Å². The molecule has 0 radical (unpaired) electrons. The first-order valence-electron chi connectivity index (χ1n) is 10.3. The second kappa shape index (κ2) is 10.9. The van der Waals surface area contributed by atoms with Crippen LogP contribution in [0.3, 0.4) is 0 Å². The SMILES string of the molecule is O=C(CC(O)CNC(=O)OCC1c2ccccc2-c2ccccc21)NC(CC(F)F)C(=O)O. The molecule has 2 aromatic carbocycles. The quantitative estimate of drug-likeness (QED) is 0.430. The lowest BCUT2D eigenvalue weighted by Gasteiger charge is -2.17. The fourth-order valence-corrected chi connectivity index (χ4v) is 3.79. The zero-order chi connectivity index (χ0) is 24.0. The lowest BCUT2D eigenvalue weighted by molar-refractivity contribution is -0.143. The molecule has 0 aromatic heterocycles. The van der Waals surface area contributed by atoms with Gasteiger partial charge in [-0.1, -0.05) is 48.5 Å². The van der Waals surface area contributed by atoms with Gasteiger partial charge in [-0.2, -0.15) is 0 Å². The number of amides is 2. The van der Waals surface area contributed by atoms with Crippen molar-refractivity contribution in [3.8, 4) is 11.1 Å². The Balaban J connectivity index is 1.46. The summed E-state index contributed by atoms with van der Waals surface area (Å²) in [6, 6.07) is 13.9. The largest absolute Gasteiger partial charge is 0.480 e. The van der Waals surface area contributed by atoms with Crippen LogP contribution in [-0.2, 0) is 14.3 Å². The van der Waals surface area contributed by atoms with Crippen LogP contribution < -0.4 is 10.6 Å². The standard InChI is InChI=1S/C23H24F2N2O6/c24-20(25)10-19(22(30)31)27-21(29)9-13(28)11-26-23(32)33-12-18-16-7-3-1-5-14(16)15-6-2-4-8-17(15)18/h1-8,13,18-20,28H,9-12H2,(H,26,32)(H,27,29)(H,30,31). The van der Waals surface area contributed by atoms with Gasteiger partial charge in [0.05, 0.1) is 12.5 Å². The van der Waals surface area contributed by atoms with Crippen LogP contribution in [-0.4, -0.2) is 59.9 Å². The predicted octanol–water partition coefficient (Wildman–Crippen LogP) is 2.50. The number of carbonyl (C=O) groups excluding carboxylic acids is 2. The fourth-order valence-electron chi connectivity index (χ4n) is 3.79. The van der Waals surface area contributed by atoms with Crippen molar-refractivity contribution < 1.29 is 38.1 Å². The van der Waals surface area contributed by atoms with Gasteiger partial charge in [-0.25, -0.2) is 18.4 Å². The Labute approximate surface area is 188 Å². The second-order valence-corrected chi connectivity index (χ2v) is 7.65.